The summed E-state index contributed by atoms with van der Waals surface area (Å²) in [6, 6.07) is 5.10. The molecule has 9 heteroatoms. The van der Waals surface area contributed by atoms with Gasteiger partial charge in [-0.2, -0.15) is 0 Å². The van der Waals surface area contributed by atoms with Gasteiger partial charge < -0.3 is 25.4 Å². The Morgan fingerprint density at radius 2 is 2.07 bits per heavy atom. The molecule has 1 aliphatic heterocycles. The monoisotopic (exact) mass is 414 g/mol. The van der Waals surface area contributed by atoms with Gasteiger partial charge in [-0.05, 0) is 38.0 Å². The summed E-state index contributed by atoms with van der Waals surface area (Å²) in [7, 11) is 0. The molecular formula is C21H23FN4O4. The molecule has 3 heterocycles. The van der Waals surface area contributed by atoms with Crippen LogP contribution in [-0.4, -0.2) is 51.8 Å². The van der Waals surface area contributed by atoms with Crippen molar-refractivity contribution in [3.8, 4) is 0 Å². The normalized spacial score (nSPS) is 19.1. The molecule has 1 unspecified atom stereocenters. The van der Waals surface area contributed by atoms with Gasteiger partial charge in [-0.3, -0.25) is 4.79 Å². The molecule has 1 saturated carbocycles. The molecule has 0 radical (unpaired) electrons. The number of aromatic carboxylic acids is 1. The summed E-state index contributed by atoms with van der Waals surface area (Å²) >= 11 is 0. The fraction of sp³-hybridized carbons (Fsp3) is 0.381. The van der Waals surface area contributed by atoms with Gasteiger partial charge in [0.05, 0.1) is 16.6 Å². The Labute approximate surface area is 171 Å². The first kappa shape index (κ1) is 20.2. The van der Waals surface area contributed by atoms with Crippen LogP contribution >= 0.6 is 0 Å². The molecular weight excluding hydrogens is 391 g/mol. The topological polar surface area (TPSA) is 119 Å². The third-order valence-corrected chi connectivity index (χ3v) is 5.75. The van der Waals surface area contributed by atoms with E-state index in [0.717, 1.165) is 19.4 Å². The van der Waals surface area contributed by atoms with Crippen molar-refractivity contribution in [1.82, 2.24) is 14.9 Å². The predicted octanol–water partition coefficient (Wildman–Crippen LogP) is 1.70. The van der Waals surface area contributed by atoms with E-state index in [9.17, 15) is 19.1 Å². The molecule has 1 aromatic carbocycles. The third-order valence-electron chi connectivity index (χ3n) is 5.75. The fourth-order valence-electron chi connectivity index (χ4n) is 4.12. The average Bonchev–Trinajstić information content (AvgIpc) is 3.51. The number of hydrogen-bond donors (Lipinski definition) is 2. The van der Waals surface area contributed by atoms with Crippen molar-refractivity contribution in [2.75, 3.05) is 24.5 Å². The Morgan fingerprint density at radius 1 is 1.30 bits per heavy atom. The Morgan fingerprint density at radius 3 is 2.73 bits per heavy atom. The number of pyridine rings is 2. The smallest absolute Gasteiger partial charge is 0.341 e. The molecule has 0 spiro atoms. The van der Waals surface area contributed by atoms with E-state index in [-0.39, 0.29) is 34.3 Å². The molecule has 5 rings (SSSR count). The summed E-state index contributed by atoms with van der Waals surface area (Å²) in [4.78, 5) is 30.9. The minimum absolute atomic E-state index is 0. The number of carboxylic acids is 1. The van der Waals surface area contributed by atoms with Gasteiger partial charge in [0.2, 0.25) is 5.43 Å². The maximum Gasteiger partial charge on any atom is 0.341 e. The highest BCUT2D eigenvalue weighted by Crippen LogP contribution is 2.37. The number of carbonyl (C=O) groups is 1. The van der Waals surface area contributed by atoms with Crippen molar-refractivity contribution in [3.05, 3.63) is 46.0 Å². The predicted molar refractivity (Wildman–Crippen MR) is 112 cm³/mol. The SMILES string of the molecule is CC1CN(c2cc3nc4c(cc3cc2F)c(=O)c(C(=O)O)cn4C2CC2)CCN1.O. The molecule has 158 valence electrons. The molecule has 4 N–H and O–H groups in total. The van der Waals surface area contributed by atoms with Crippen molar-refractivity contribution in [2.45, 2.75) is 31.8 Å². The molecule has 2 fully saturated rings. The number of nitrogens with one attached hydrogen (secondary N) is 1. The van der Waals surface area contributed by atoms with E-state index < -0.39 is 11.4 Å². The van der Waals surface area contributed by atoms with Crippen LogP contribution in [0.15, 0.2) is 29.2 Å². The summed E-state index contributed by atoms with van der Waals surface area (Å²) in [5, 5.41) is 13.5. The standard InChI is InChI=1S/C21H21FN4O3.H2O/c1-11-9-25(5-4-23-11)18-8-17-12(7-16(18)22)6-14-19(27)15(21(28)29)10-26(13-2-3-13)20(14)24-17;/h6-8,10-11,13,23H,2-5,9H2,1H3,(H,28,29);1H2. The molecule has 1 aliphatic carbocycles. The lowest BCUT2D eigenvalue weighted by atomic mass is 10.1. The zero-order chi connectivity index (χ0) is 20.3. The molecule has 2 aromatic heterocycles. The second-order valence-electron chi connectivity index (χ2n) is 7.97. The van der Waals surface area contributed by atoms with Gasteiger partial charge >= 0.3 is 5.97 Å². The van der Waals surface area contributed by atoms with Gasteiger partial charge in [-0.15, -0.1) is 0 Å². The Bertz CT molecular complexity index is 1220. The zero-order valence-corrected chi connectivity index (χ0v) is 16.5. The van der Waals surface area contributed by atoms with Crippen molar-refractivity contribution in [3.63, 3.8) is 0 Å². The number of hydrogen-bond acceptors (Lipinski definition) is 5. The molecule has 1 atom stereocenters. The maximum atomic E-state index is 14.9. The number of nitrogens with zero attached hydrogens (tertiary/aromatic N) is 3. The maximum absolute atomic E-state index is 14.9. The van der Waals surface area contributed by atoms with Crippen LogP contribution in [0, 0.1) is 5.82 Å². The molecule has 1 saturated heterocycles. The first-order chi connectivity index (χ1) is 13.9. The van der Waals surface area contributed by atoms with Crippen molar-refractivity contribution in [2.24, 2.45) is 0 Å². The number of carboxylic acid groups (broad SMARTS) is 1. The van der Waals surface area contributed by atoms with Crippen LogP contribution in [0.2, 0.25) is 0 Å². The van der Waals surface area contributed by atoms with E-state index in [4.69, 9.17) is 0 Å². The molecule has 0 amide bonds. The molecule has 0 bridgehead atoms. The van der Waals surface area contributed by atoms with Crippen LogP contribution in [0.1, 0.15) is 36.2 Å². The molecule has 3 aromatic rings. The molecule has 30 heavy (non-hydrogen) atoms. The van der Waals surface area contributed by atoms with Gasteiger partial charge in [-0.25, -0.2) is 14.2 Å². The van der Waals surface area contributed by atoms with Gasteiger partial charge in [0.15, 0.2) is 0 Å². The lowest BCUT2D eigenvalue weighted by Gasteiger charge is -2.33. The van der Waals surface area contributed by atoms with E-state index in [1.54, 1.807) is 16.7 Å². The number of halogens is 1. The van der Waals surface area contributed by atoms with Crippen LogP contribution in [0.4, 0.5) is 10.1 Å². The number of anilines is 1. The van der Waals surface area contributed by atoms with E-state index >= 15 is 0 Å². The number of aromatic nitrogens is 2. The zero-order valence-electron chi connectivity index (χ0n) is 16.5. The quantitative estimate of drug-likeness (QED) is 0.630. The first-order valence-electron chi connectivity index (χ1n) is 9.83. The van der Waals surface area contributed by atoms with Gasteiger partial charge in [0.25, 0.3) is 0 Å². The Hall–Kier alpha value is -3.04. The van der Waals surface area contributed by atoms with Crippen LogP contribution in [0.3, 0.4) is 0 Å². The summed E-state index contributed by atoms with van der Waals surface area (Å²) < 4.78 is 16.7. The average molecular weight is 414 g/mol. The highest BCUT2D eigenvalue weighted by atomic mass is 19.1. The van der Waals surface area contributed by atoms with E-state index in [1.807, 2.05) is 4.90 Å². The van der Waals surface area contributed by atoms with E-state index in [1.165, 1.54) is 12.3 Å². The van der Waals surface area contributed by atoms with Gasteiger partial charge in [-0.1, -0.05) is 0 Å². The van der Waals surface area contributed by atoms with Gasteiger partial charge in [0, 0.05) is 43.3 Å². The van der Waals surface area contributed by atoms with Crippen LogP contribution in [0.25, 0.3) is 21.9 Å². The largest absolute Gasteiger partial charge is 0.477 e. The lowest BCUT2D eigenvalue weighted by Crippen LogP contribution is -2.49. The highest BCUT2D eigenvalue weighted by molar-refractivity contribution is 5.97. The Kier molecular flexibility index (Phi) is 4.95. The molecule has 8 nitrogen and oxygen atoms in total. The molecule has 2 aliphatic rings. The second-order valence-corrected chi connectivity index (χ2v) is 7.97. The second kappa shape index (κ2) is 7.33. The summed E-state index contributed by atoms with van der Waals surface area (Å²) in [5.41, 5.74) is 0.690. The van der Waals surface area contributed by atoms with Gasteiger partial charge in [0.1, 0.15) is 17.0 Å². The summed E-state index contributed by atoms with van der Waals surface area (Å²) in [6.07, 6.45) is 3.24. The number of piperazine rings is 1. The number of rotatable bonds is 3. The number of benzene rings is 1. The van der Waals surface area contributed by atoms with E-state index in [0.29, 0.717) is 35.3 Å². The highest BCUT2D eigenvalue weighted by Gasteiger charge is 2.28. The fourth-order valence-corrected chi connectivity index (χ4v) is 4.12. The Balaban J connectivity index is 0.00000218. The number of fused-ring (bicyclic) bond motifs is 2. The van der Waals surface area contributed by atoms with E-state index in [2.05, 4.69) is 17.2 Å². The minimum Gasteiger partial charge on any atom is -0.477 e. The summed E-state index contributed by atoms with van der Waals surface area (Å²) in [6.45, 7) is 4.24. The van der Waals surface area contributed by atoms with Crippen molar-refractivity contribution < 1.29 is 19.8 Å². The summed E-state index contributed by atoms with van der Waals surface area (Å²) in [5.74, 6) is -1.63. The van der Waals surface area contributed by atoms with Crippen LogP contribution < -0.4 is 15.6 Å². The van der Waals surface area contributed by atoms with Crippen molar-refractivity contribution in [1.29, 1.82) is 0 Å². The lowest BCUT2D eigenvalue weighted by molar-refractivity contribution is 0.0695. The van der Waals surface area contributed by atoms with Crippen LogP contribution in [0.5, 0.6) is 0 Å². The van der Waals surface area contributed by atoms with Crippen molar-refractivity contribution >= 4 is 33.6 Å². The third kappa shape index (κ3) is 3.29. The van der Waals surface area contributed by atoms with Crippen LogP contribution in [-0.2, 0) is 0 Å². The first-order valence-corrected chi connectivity index (χ1v) is 9.83. The minimum atomic E-state index is -1.26.